The number of carbonyl (C=O) groups is 2. The predicted octanol–water partition coefficient (Wildman–Crippen LogP) is 5.57. The fraction of sp³-hybridized carbons (Fsp3) is 0.593. The average Bonchev–Trinajstić information content (AvgIpc) is 3.52. The third-order valence-electron chi connectivity index (χ3n) is 7.72. The molecule has 44 heavy (non-hydrogen) atoms. The van der Waals surface area contributed by atoms with Crippen LogP contribution >= 0.6 is 0 Å². The summed E-state index contributed by atoms with van der Waals surface area (Å²) in [4.78, 5) is 30.0. The van der Waals surface area contributed by atoms with Gasteiger partial charge >= 0.3 is 6.18 Å². The molecule has 17 heteroatoms. The van der Waals surface area contributed by atoms with E-state index in [0.717, 1.165) is 19.1 Å². The second-order valence-electron chi connectivity index (χ2n) is 11.1. The van der Waals surface area contributed by atoms with Crippen molar-refractivity contribution in [3.05, 3.63) is 41.7 Å². The molecule has 0 bridgehead atoms. The second kappa shape index (κ2) is 12.6. The lowest BCUT2D eigenvalue weighted by Gasteiger charge is -2.33. The highest BCUT2D eigenvalue weighted by atomic mass is 19.4. The van der Waals surface area contributed by atoms with Gasteiger partial charge in [-0.1, -0.05) is 5.16 Å². The van der Waals surface area contributed by atoms with Crippen molar-refractivity contribution in [3.8, 4) is 5.75 Å². The van der Waals surface area contributed by atoms with Crippen molar-refractivity contribution in [2.24, 2.45) is 11.8 Å². The fourth-order valence-corrected chi connectivity index (χ4v) is 5.31. The third kappa shape index (κ3) is 7.96. The summed E-state index contributed by atoms with van der Waals surface area (Å²) in [5.74, 6) is -5.24. The molecule has 0 radical (unpaired) electrons. The number of carbonyl (C=O) groups excluding carboxylic acids is 2. The molecule has 2 aliphatic rings. The Balaban J connectivity index is 1.39. The Morgan fingerprint density at radius 3 is 2.45 bits per heavy atom. The maximum absolute atomic E-state index is 14.0. The zero-order valence-electron chi connectivity index (χ0n) is 23.1. The average molecular weight is 635 g/mol. The highest BCUT2D eigenvalue weighted by Crippen LogP contribution is 2.43. The minimum Gasteiger partial charge on any atom is -0.482 e. The largest absolute Gasteiger partial charge is 0.482 e. The summed E-state index contributed by atoms with van der Waals surface area (Å²) in [7, 11) is 0. The zero-order valence-corrected chi connectivity index (χ0v) is 23.1. The van der Waals surface area contributed by atoms with E-state index in [-0.39, 0.29) is 35.9 Å². The fourth-order valence-electron chi connectivity index (χ4n) is 5.31. The Morgan fingerprint density at radius 1 is 1.09 bits per heavy atom. The summed E-state index contributed by atoms with van der Waals surface area (Å²) in [6.45, 7) is -1.01. The van der Waals surface area contributed by atoms with Crippen LogP contribution in [0.1, 0.15) is 85.2 Å². The number of aromatic nitrogens is 4. The first-order valence-electron chi connectivity index (χ1n) is 14.0. The first-order valence-corrected chi connectivity index (χ1v) is 14.0. The van der Waals surface area contributed by atoms with Gasteiger partial charge in [0.05, 0.1) is 36.6 Å². The van der Waals surface area contributed by atoms with E-state index >= 15 is 0 Å². The maximum atomic E-state index is 14.0. The number of fused-ring (bicyclic) bond motifs is 1. The zero-order chi connectivity index (χ0) is 31.6. The van der Waals surface area contributed by atoms with Gasteiger partial charge in [0.1, 0.15) is 6.61 Å². The van der Waals surface area contributed by atoms with Crippen LogP contribution in [0.2, 0.25) is 0 Å². The van der Waals surface area contributed by atoms with Crippen LogP contribution in [0.3, 0.4) is 0 Å². The Hall–Kier alpha value is -3.92. The molecule has 2 N–H and O–H groups in total. The summed E-state index contributed by atoms with van der Waals surface area (Å²) in [6, 6.07) is 0.124. The number of nitrogens with zero attached hydrogens (tertiary/aromatic N) is 4. The first-order chi connectivity index (χ1) is 20.8. The van der Waals surface area contributed by atoms with Crippen molar-refractivity contribution in [2.45, 2.75) is 82.0 Å². The third-order valence-corrected chi connectivity index (χ3v) is 7.72. The van der Waals surface area contributed by atoms with Crippen molar-refractivity contribution in [3.63, 3.8) is 0 Å². The number of imidazole rings is 1. The van der Waals surface area contributed by atoms with E-state index in [1.54, 1.807) is 6.07 Å². The molecule has 5 rings (SSSR count). The molecule has 0 saturated heterocycles. The van der Waals surface area contributed by atoms with Gasteiger partial charge in [0.25, 0.3) is 12.3 Å². The smallest absolute Gasteiger partial charge is 0.389 e. The van der Waals surface area contributed by atoms with E-state index in [1.165, 1.54) is 16.9 Å². The summed E-state index contributed by atoms with van der Waals surface area (Å²) >= 11 is 0. The number of nitrogens with one attached hydrogen (secondary N) is 2. The van der Waals surface area contributed by atoms with Gasteiger partial charge < -0.3 is 19.9 Å². The van der Waals surface area contributed by atoms with Crippen LogP contribution in [-0.4, -0.2) is 56.7 Å². The molecule has 2 saturated carbocycles. The van der Waals surface area contributed by atoms with E-state index in [0.29, 0.717) is 5.56 Å². The van der Waals surface area contributed by atoms with Gasteiger partial charge in [0.2, 0.25) is 17.5 Å². The molecule has 2 atom stereocenters. The van der Waals surface area contributed by atoms with E-state index in [1.807, 2.05) is 0 Å². The molecule has 0 aromatic carbocycles. The summed E-state index contributed by atoms with van der Waals surface area (Å²) in [5, 5.41) is 13.3. The van der Waals surface area contributed by atoms with Crippen LogP contribution in [0.4, 0.5) is 30.7 Å². The summed E-state index contributed by atoms with van der Waals surface area (Å²) in [5.41, 5.74) is 0.678. The van der Waals surface area contributed by atoms with Crippen LogP contribution in [-0.2, 0) is 4.79 Å². The Morgan fingerprint density at radius 2 is 1.80 bits per heavy atom. The molecule has 2 fully saturated rings. The highest BCUT2D eigenvalue weighted by molar-refractivity contribution is 5.95. The van der Waals surface area contributed by atoms with Crippen LogP contribution in [0.25, 0.3) is 5.65 Å². The second-order valence-corrected chi connectivity index (χ2v) is 11.1. The number of halogens is 7. The Kier molecular flexibility index (Phi) is 9.02. The van der Waals surface area contributed by atoms with E-state index in [4.69, 9.17) is 9.26 Å². The molecule has 0 aliphatic heterocycles. The molecule has 3 heterocycles. The lowest BCUT2D eigenvalue weighted by Crippen LogP contribution is -2.37. The molecule has 0 unspecified atom stereocenters. The van der Waals surface area contributed by atoms with Crippen LogP contribution < -0.4 is 15.4 Å². The highest BCUT2D eigenvalue weighted by Gasteiger charge is 2.40. The van der Waals surface area contributed by atoms with Gasteiger partial charge in [0.15, 0.2) is 17.7 Å². The summed E-state index contributed by atoms with van der Waals surface area (Å²) < 4.78 is 102. The normalized spacial score (nSPS) is 18.7. The number of alkyl halides is 7. The van der Waals surface area contributed by atoms with Crippen molar-refractivity contribution >= 4 is 17.5 Å². The molecule has 3 aromatic heterocycles. The van der Waals surface area contributed by atoms with Crippen LogP contribution in [0.5, 0.6) is 5.75 Å². The van der Waals surface area contributed by atoms with Gasteiger partial charge in [-0.25, -0.2) is 27.1 Å². The molecule has 240 valence electrons. The Labute approximate surface area is 245 Å². The van der Waals surface area contributed by atoms with Gasteiger partial charge in [0, 0.05) is 19.3 Å². The quantitative estimate of drug-likeness (QED) is 0.250. The minimum atomic E-state index is -4.46. The molecule has 2 aliphatic carbocycles. The topological polar surface area (TPSA) is 124 Å². The van der Waals surface area contributed by atoms with Crippen molar-refractivity contribution in [2.75, 3.05) is 6.61 Å². The lowest BCUT2D eigenvalue weighted by atomic mass is 9.81. The van der Waals surface area contributed by atoms with Gasteiger partial charge in [-0.2, -0.15) is 18.3 Å². The minimum absolute atomic E-state index is 0.0170. The van der Waals surface area contributed by atoms with Crippen LogP contribution in [0.15, 0.2) is 29.2 Å². The van der Waals surface area contributed by atoms with Gasteiger partial charge in [-0.05, 0) is 49.1 Å². The molecule has 0 spiro atoms. The lowest BCUT2D eigenvalue weighted by molar-refractivity contribution is -0.144. The van der Waals surface area contributed by atoms with Crippen molar-refractivity contribution in [1.29, 1.82) is 0 Å². The molecule has 3 aromatic rings. The van der Waals surface area contributed by atoms with E-state index < -0.39 is 86.3 Å². The van der Waals surface area contributed by atoms with Crippen molar-refractivity contribution < 1.29 is 49.6 Å². The van der Waals surface area contributed by atoms with Gasteiger partial charge in [-0.3, -0.25) is 9.59 Å². The maximum Gasteiger partial charge on any atom is 0.389 e. The Bertz CT molecular complexity index is 1460. The monoisotopic (exact) mass is 634 g/mol. The number of amides is 2. The standard InChI is InChI=1S/C27H29F7N6O4/c28-19(29)13-43-18-12-44-39-24(18)25(42)38-23(15-3-6-26(30,31)7-4-15)17-11-40-20(36-17)9-16(10-35-40)22(14-1-2-14)37-21(41)5-8-27(32,33)34/h9-12,14-15,19,22-23H,1-8,13H2,(H,37,41)(H,38,42)/t22-,23+/m1/s1. The first kappa shape index (κ1) is 31.5. The summed E-state index contributed by atoms with van der Waals surface area (Å²) in [6.07, 6.45) is -4.59. The van der Waals surface area contributed by atoms with Gasteiger partial charge in [-0.15, -0.1) is 0 Å². The van der Waals surface area contributed by atoms with Crippen LogP contribution in [0, 0.1) is 11.8 Å². The van der Waals surface area contributed by atoms with E-state index in [2.05, 4.69) is 25.9 Å². The number of rotatable bonds is 12. The molecular weight excluding hydrogens is 605 g/mol. The SMILES string of the molecule is O=C(CCC(F)(F)F)N[C@@H](c1cnn2cc([C@@H](NC(=O)c3nocc3OCC(F)F)C3CCC(F)(F)CC3)nc2c1)C1CC1. The number of ether oxygens (including phenoxy) is 1. The predicted molar refractivity (Wildman–Crippen MR) is 137 cm³/mol. The molecule has 10 nitrogen and oxygen atoms in total. The molecule has 2 amide bonds. The number of hydrogen-bond donors (Lipinski definition) is 2. The van der Waals surface area contributed by atoms with E-state index in [9.17, 15) is 40.3 Å². The molecular formula is C27H29F7N6O4. The van der Waals surface area contributed by atoms with Crippen molar-refractivity contribution in [1.82, 2.24) is 30.4 Å². The number of hydrogen-bond acceptors (Lipinski definition) is 7.